The SMILES string of the molecule is S.[AlH3].[MgH2].[SiH4]. The topological polar surface area (TPSA) is 0 Å². The summed E-state index contributed by atoms with van der Waals surface area (Å²) in [6, 6.07) is 0. The van der Waals surface area contributed by atoms with E-state index in [0.29, 0.717) is 0 Å². The molecule has 0 aliphatic carbocycles. The molecule has 0 saturated heterocycles. The Morgan fingerprint density at radius 1 is 1.00 bits per heavy atom. The van der Waals surface area contributed by atoms with Gasteiger partial charge in [-0.15, -0.1) is 0 Å². The molecule has 0 spiro atoms. The molecule has 0 heterocycles. The van der Waals surface area contributed by atoms with Crippen molar-refractivity contribution in [2.45, 2.75) is 0 Å². The van der Waals surface area contributed by atoms with Crippen LogP contribution in [0.15, 0.2) is 0 Å². The molecule has 0 fully saturated rings. The van der Waals surface area contributed by atoms with Gasteiger partial charge in [0.2, 0.25) is 0 Å². The fraction of sp³-hybridized carbons (Fsp3) is 0. The summed E-state index contributed by atoms with van der Waals surface area (Å²) >= 11 is 0. The molecular formula is H11AlMgSSi. The summed E-state index contributed by atoms with van der Waals surface area (Å²) in [4.78, 5) is 0. The van der Waals surface area contributed by atoms with Crippen molar-refractivity contribution in [2.24, 2.45) is 0 Å². The van der Waals surface area contributed by atoms with Crippen molar-refractivity contribution >= 4 is 64.9 Å². The fourth-order valence-electron chi connectivity index (χ4n) is 0. The van der Waals surface area contributed by atoms with Crippen LogP contribution in [0.4, 0.5) is 0 Å². The van der Waals surface area contributed by atoms with Crippen molar-refractivity contribution < 1.29 is 0 Å². The van der Waals surface area contributed by atoms with E-state index in [9.17, 15) is 0 Å². The zero-order valence-corrected chi connectivity index (χ0v) is 1.50. The zero-order valence-electron chi connectivity index (χ0n) is 0.500. The van der Waals surface area contributed by atoms with Gasteiger partial charge < -0.3 is 0 Å². The lowest BCUT2D eigenvalue weighted by atomic mass is 24.3. The van der Waals surface area contributed by atoms with Crippen LogP contribution in [0, 0.1) is 0 Å². The second-order valence-corrected chi connectivity index (χ2v) is 0. The van der Waals surface area contributed by atoms with E-state index in [-0.39, 0.29) is 64.9 Å². The molecule has 0 unspecified atom stereocenters. The van der Waals surface area contributed by atoms with E-state index in [0.717, 1.165) is 0 Å². The normalized spacial score (nSPS) is 0. The Bertz CT molecular complexity index is 8.00. The molecule has 0 aliphatic heterocycles. The van der Waals surface area contributed by atoms with E-state index in [1.54, 1.807) is 0 Å². The molecule has 0 nitrogen and oxygen atoms in total. The lowest BCUT2D eigenvalue weighted by Crippen LogP contribution is -0.382. The summed E-state index contributed by atoms with van der Waals surface area (Å²) in [5.74, 6) is 0. The van der Waals surface area contributed by atoms with E-state index in [4.69, 9.17) is 0 Å². The van der Waals surface area contributed by atoms with Gasteiger partial charge in [0.1, 0.15) is 0 Å². The number of hydrogen-bond acceptors (Lipinski definition) is 0. The van der Waals surface area contributed by atoms with E-state index < -0.39 is 0 Å². The van der Waals surface area contributed by atoms with Gasteiger partial charge in [0.05, 0.1) is 0 Å². The van der Waals surface area contributed by atoms with Crippen LogP contribution in [0.1, 0.15) is 0 Å². The van der Waals surface area contributed by atoms with Crippen LogP contribution in [0.25, 0.3) is 0 Å². The lowest BCUT2D eigenvalue weighted by molar-refractivity contribution is 5.75. The Kier molecular flexibility index (Phi) is 208. The van der Waals surface area contributed by atoms with Crippen LogP contribution in [-0.2, 0) is 0 Å². The molecule has 0 amide bonds. The van der Waals surface area contributed by atoms with Crippen LogP contribution in [-0.4, -0.2) is 51.4 Å². The minimum atomic E-state index is 0. The molecule has 0 radical (unpaired) electrons. The molecule has 0 saturated carbocycles. The molecule has 0 aromatic carbocycles. The highest BCUT2D eigenvalue weighted by molar-refractivity contribution is 7.59. The molecule has 4 heteroatoms. The summed E-state index contributed by atoms with van der Waals surface area (Å²) in [5, 5.41) is 0. The molecule has 0 aromatic heterocycles. The number of rotatable bonds is 0. The highest BCUT2D eigenvalue weighted by Gasteiger charge is 0.316. The van der Waals surface area contributed by atoms with E-state index in [1.807, 2.05) is 0 Å². The van der Waals surface area contributed by atoms with Gasteiger partial charge in [-0.1, -0.05) is 0 Å². The number of hydrogen-bond donors (Lipinski definition) is 0. The first kappa shape index (κ1) is 39.9. The second-order valence-electron chi connectivity index (χ2n) is 0. The zero-order chi connectivity index (χ0) is 0. The highest BCUT2D eigenvalue weighted by Crippen LogP contribution is 0.648. The van der Waals surface area contributed by atoms with Gasteiger partial charge in [0.15, 0.2) is 17.4 Å². The van der Waals surface area contributed by atoms with Crippen molar-refractivity contribution in [1.29, 1.82) is 0 Å². The fourth-order valence-corrected chi connectivity index (χ4v) is 0. The van der Waals surface area contributed by atoms with Crippen LogP contribution in [0.2, 0.25) is 0 Å². The molecule has 0 bridgehead atoms. The minimum Gasteiger partial charge on any atom is -0.197 e. The second kappa shape index (κ2) is 20.9. The van der Waals surface area contributed by atoms with Crippen molar-refractivity contribution in [2.75, 3.05) is 0 Å². The molecule has 0 atom stereocenters. The maximum absolute atomic E-state index is 0. The predicted octanol–water partition coefficient (Wildman–Crippen LogP) is -3.44. The van der Waals surface area contributed by atoms with E-state index >= 15 is 0 Å². The van der Waals surface area contributed by atoms with Crippen molar-refractivity contribution in [3.63, 3.8) is 0 Å². The van der Waals surface area contributed by atoms with Crippen LogP contribution in [0.3, 0.4) is 0 Å². The van der Waals surface area contributed by atoms with Gasteiger partial charge in [-0.05, 0) is 11.0 Å². The third kappa shape index (κ3) is 9.12. The largest absolute Gasteiger partial charge is 0.316 e. The molecule has 0 rings (SSSR count). The van der Waals surface area contributed by atoms with Gasteiger partial charge >= 0.3 is 23.1 Å². The summed E-state index contributed by atoms with van der Waals surface area (Å²) in [6.45, 7) is 0. The van der Waals surface area contributed by atoms with Crippen molar-refractivity contribution in [3.8, 4) is 0 Å². The first-order valence-electron chi connectivity index (χ1n) is 0. The quantitative estimate of drug-likeness (QED) is 0.294. The first-order valence-corrected chi connectivity index (χ1v) is 0. The maximum atomic E-state index is 0. The van der Waals surface area contributed by atoms with E-state index in [2.05, 4.69) is 0 Å². The third-order valence-corrected chi connectivity index (χ3v) is 0. The summed E-state index contributed by atoms with van der Waals surface area (Å²) in [7, 11) is 0. The van der Waals surface area contributed by atoms with Crippen molar-refractivity contribution in [1.82, 2.24) is 0 Å². The lowest BCUT2D eigenvalue weighted by Gasteiger charge is -0.197. The van der Waals surface area contributed by atoms with Gasteiger partial charge in [0, 0.05) is 0 Å². The molecule has 0 N–H and O–H groups in total. The minimum absolute atomic E-state index is 0. The average Bonchev–Trinajstić information content (AvgIpc) is 0. The molecule has 26 valence electrons. The average molecular weight is 123 g/mol. The van der Waals surface area contributed by atoms with Gasteiger partial charge in [0.25, 0.3) is 0 Å². The standard InChI is InChI=1S/Al.Mg.H2S.H4Si.5H/h;;1H2;1H4;;;;;. The summed E-state index contributed by atoms with van der Waals surface area (Å²) in [5.41, 5.74) is 0. The highest BCUT2D eigenvalue weighted by atomic mass is 32.1. The molecular weight excluding hydrogens is 111 g/mol. The van der Waals surface area contributed by atoms with Gasteiger partial charge in [-0.3, -0.25) is 0 Å². The maximum Gasteiger partial charge on any atom is 0.316 e. The van der Waals surface area contributed by atoms with Gasteiger partial charge in [-0.25, -0.2) is 0 Å². The summed E-state index contributed by atoms with van der Waals surface area (Å²) in [6.07, 6.45) is 0. The Morgan fingerprint density at radius 2 is 1.00 bits per heavy atom. The van der Waals surface area contributed by atoms with Crippen LogP contribution >= 0.6 is 13.5 Å². The third-order valence-electron chi connectivity index (χ3n) is 0. The Labute approximate surface area is 64.5 Å². The molecule has 0 aliphatic rings. The molecule has 0 aromatic rings. The van der Waals surface area contributed by atoms with Crippen LogP contribution < -0.4 is 0 Å². The molecule has 4 heavy (non-hydrogen) atoms. The smallest absolute Gasteiger partial charge is 0.197 e. The van der Waals surface area contributed by atoms with Crippen LogP contribution in [0.5, 0.6) is 0 Å². The predicted molar refractivity (Wildman–Crippen MR) is 40.2 cm³/mol. The first-order chi connectivity index (χ1) is 0. The summed E-state index contributed by atoms with van der Waals surface area (Å²) < 4.78 is 0. The van der Waals surface area contributed by atoms with Gasteiger partial charge in [-0.2, -0.15) is 13.5 Å². The monoisotopic (exact) mass is 122 g/mol. The Hall–Kier alpha value is 1.87. The van der Waals surface area contributed by atoms with Crippen molar-refractivity contribution in [3.05, 3.63) is 0 Å². The van der Waals surface area contributed by atoms with E-state index in [1.165, 1.54) is 0 Å². The Balaban J connectivity index is 0. The Morgan fingerprint density at radius 3 is 1.00 bits per heavy atom.